The number of oxazole rings is 1. The largest absolute Gasteiger partial charge is 0.456 e. The molecule has 8 aromatic carbocycles. The van der Waals surface area contributed by atoms with E-state index in [9.17, 15) is 0 Å². The Bertz CT molecular complexity index is 3160. The lowest BCUT2D eigenvalue weighted by molar-refractivity contribution is 0.622. The van der Waals surface area contributed by atoms with Gasteiger partial charge in [-0.15, -0.1) is 0 Å². The van der Waals surface area contributed by atoms with Gasteiger partial charge in [-0.25, -0.2) is 4.98 Å². The number of para-hydroxylation sites is 2. The highest BCUT2D eigenvalue weighted by molar-refractivity contribution is 6.17. The monoisotopic (exact) mass is 693 g/mol. The van der Waals surface area contributed by atoms with E-state index in [1.807, 2.05) is 42.5 Å². The van der Waals surface area contributed by atoms with Gasteiger partial charge in [-0.2, -0.15) is 0 Å². The van der Waals surface area contributed by atoms with Gasteiger partial charge in [0.2, 0.25) is 5.89 Å². The van der Waals surface area contributed by atoms with E-state index in [0.29, 0.717) is 5.89 Å². The van der Waals surface area contributed by atoms with Crippen molar-refractivity contribution in [2.75, 3.05) is 4.90 Å². The van der Waals surface area contributed by atoms with Crippen LogP contribution in [0.1, 0.15) is 0 Å². The molecule has 5 nitrogen and oxygen atoms in total. The van der Waals surface area contributed by atoms with Crippen LogP contribution in [0.5, 0.6) is 0 Å². The number of furan rings is 1. The Hall–Kier alpha value is -7.37. The molecule has 254 valence electrons. The van der Waals surface area contributed by atoms with Crippen LogP contribution in [0.3, 0.4) is 0 Å². The maximum Gasteiger partial charge on any atom is 0.227 e. The highest BCUT2D eigenvalue weighted by Crippen LogP contribution is 2.43. The van der Waals surface area contributed by atoms with Gasteiger partial charge in [0.15, 0.2) is 5.58 Å². The number of fused-ring (bicyclic) bond motifs is 8. The van der Waals surface area contributed by atoms with E-state index in [0.717, 1.165) is 72.4 Å². The molecule has 0 aliphatic rings. The van der Waals surface area contributed by atoms with E-state index in [2.05, 4.69) is 155 Å². The summed E-state index contributed by atoms with van der Waals surface area (Å²) in [6.45, 7) is 0. The third-order valence-electron chi connectivity index (χ3n) is 10.4. The first kappa shape index (κ1) is 30.3. The lowest BCUT2D eigenvalue weighted by atomic mass is 10.0. The van der Waals surface area contributed by atoms with Crippen LogP contribution in [0.25, 0.3) is 83.1 Å². The molecule has 3 aromatic heterocycles. The average molecular weight is 694 g/mol. The van der Waals surface area contributed by atoms with Crippen molar-refractivity contribution in [3.05, 3.63) is 188 Å². The first-order valence-corrected chi connectivity index (χ1v) is 18.1. The number of hydrogen-bond donors (Lipinski definition) is 0. The van der Waals surface area contributed by atoms with Gasteiger partial charge >= 0.3 is 0 Å². The third-order valence-corrected chi connectivity index (χ3v) is 10.4. The van der Waals surface area contributed by atoms with E-state index in [-0.39, 0.29) is 0 Å². The molecule has 3 heterocycles. The second kappa shape index (κ2) is 12.1. The third kappa shape index (κ3) is 4.83. The molecule has 11 aromatic rings. The van der Waals surface area contributed by atoms with Gasteiger partial charge in [0, 0.05) is 50.5 Å². The number of hydrogen-bond acceptors (Lipinski definition) is 4. The van der Waals surface area contributed by atoms with Crippen LogP contribution >= 0.6 is 0 Å². The maximum absolute atomic E-state index is 6.59. The summed E-state index contributed by atoms with van der Waals surface area (Å²) in [4.78, 5) is 7.15. The molecule has 0 fully saturated rings. The van der Waals surface area contributed by atoms with E-state index in [4.69, 9.17) is 13.8 Å². The van der Waals surface area contributed by atoms with E-state index >= 15 is 0 Å². The van der Waals surface area contributed by atoms with Crippen LogP contribution in [0.15, 0.2) is 197 Å². The van der Waals surface area contributed by atoms with Crippen LogP contribution < -0.4 is 4.90 Å². The van der Waals surface area contributed by atoms with Crippen molar-refractivity contribution >= 4 is 71.9 Å². The van der Waals surface area contributed by atoms with Crippen LogP contribution in [0, 0.1) is 0 Å². The Morgan fingerprint density at radius 1 is 0.426 bits per heavy atom. The number of anilines is 3. The van der Waals surface area contributed by atoms with Gasteiger partial charge < -0.3 is 18.3 Å². The molecule has 0 amide bonds. The standard InChI is InChI=1S/C49H31N3O2/c1-4-13-32(14-5-1)34-17-12-20-36(29-34)51(37-24-27-44-41(30-37)39-21-10-11-22-43(39)52(44)35-18-8-3-9-19-35)38-23-25-40-46(31-38)53-45-28-26-42-48(47(40)45)54-49(50-42)33-15-6-2-7-16-33/h1-31H. The molecular formula is C49H31N3O2. The van der Waals surface area contributed by atoms with Gasteiger partial charge in [0.25, 0.3) is 0 Å². The molecule has 0 saturated heterocycles. The summed E-state index contributed by atoms with van der Waals surface area (Å²) in [5.41, 5.74) is 12.9. The van der Waals surface area contributed by atoms with Crippen LogP contribution in [-0.2, 0) is 0 Å². The molecule has 0 atom stereocenters. The number of benzene rings is 8. The predicted molar refractivity (Wildman–Crippen MR) is 221 cm³/mol. The summed E-state index contributed by atoms with van der Waals surface area (Å²) in [6.07, 6.45) is 0. The Balaban J connectivity index is 1.12. The number of nitrogens with zero attached hydrogens (tertiary/aromatic N) is 3. The van der Waals surface area contributed by atoms with Crippen LogP contribution in [0.2, 0.25) is 0 Å². The van der Waals surface area contributed by atoms with Crippen molar-refractivity contribution in [1.82, 2.24) is 9.55 Å². The molecule has 11 rings (SSSR count). The normalized spacial score (nSPS) is 11.7. The van der Waals surface area contributed by atoms with Crippen molar-refractivity contribution in [2.45, 2.75) is 0 Å². The molecule has 0 aliphatic heterocycles. The van der Waals surface area contributed by atoms with Gasteiger partial charge in [0.05, 0.1) is 16.4 Å². The zero-order valence-electron chi connectivity index (χ0n) is 29.1. The Kier molecular flexibility index (Phi) is 6.79. The molecular weight excluding hydrogens is 663 g/mol. The summed E-state index contributed by atoms with van der Waals surface area (Å²) >= 11 is 0. The van der Waals surface area contributed by atoms with Crippen molar-refractivity contribution in [1.29, 1.82) is 0 Å². The topological polar surface area (TPSA) is 47.3 Å². The molecule has 5 heteroatoms. The first-order valence-electron chi connectivity index (χ1n) is 18.1. The minimum Gasteiger partial charge on any atom is -0.456 e. The molecule has 0 N–H and O–H groups in total. The second-order valence-electron chi connectivity index (χ2n) is 13.6. The van der Waals surface area contributed by atoms with Crippen molar-refractivity contribution in [3.8, 4) is 28.3 Å². The van der Waals surface area contributed by atoms with Gasteiger partial charge in [-0.1, -0.05) is 97.1 Å². The average Bonchev–Trinajstić information content (AvgIpc) is 3.94. The lowest BCUT2D eigenvalue weighted by Gasteiger charge is -2.26. The zero-order valence-corrected chi connectivity index (χ0v) is 29.1. The SMILES string of the molecule is c1ccc(-c2cccc(N(c3ccc4c(c3)oc3ccc5nc(-c6ccccc6)oc5c34)c3ccc4c(c3)c3ccccc3n4-c3ccccc3)c2)cc1. The fourth-order valence-electron chi connectivity index (χ4n) is 7.94. The van der Waals surface area contributed by atoms with Crippen LogP contribution in [-0.4, -0.2) is 9.55 Å². The minimum atomic E-state index is 0.595. The molecule has 0 spiro atoms. The summed E-state index contributed by atoms with van der Waals surface area (Å²) in [7, 11) is 0. The molecule has 0 saturated carbocycles. The first-order chi connectivity index (χ1) is 26.8. The van der Waals surface area contributed by atoms with Crippen molar-refractivity contribution < 1.29 is 8.83 Å². The quantitative estimate of drug-likeness (QED) is 0.174. The fraction of sp³-hybridized carbons (Fsp3) is 0. The fourth-order valence-corrected chi connectivity index (χ4v) is 7.94. The second-order valence-corrected chi connectivity index (χ2v) is 13.6. The summed E-state index contributed by atoms with van der Waals surface area (Å²) in [5.74, 6) is 0.595. The summed E-state index contributed by atoms with van der Waals surface area (Å²) in [5, 5.41) is 4.30. The molecule has 54 heavy (non-hydrogen) atoms. The van der Waals surface area contributed by atoms with E-state index in [1.54, 1.807) is 0 Å². The smallest absolute Gasteiger partial charge is 0.227 e. The maximum atomic E-state index is 6.59. The van der Waals surface area contributed by atoms with Crippen molar-refractivity contribution in [3.63, 3.8) is 0 Å². The molecule has 0 bridgehead atoms. The number of rotatable bonds is 6. The van der Waals surface area contributed by atoms with Crippen LogP contribution in [0.4, 0.5) is 17.1 Å². The Labute approximate surface area is 310 Å². The highest BCUT2D eigenvalue weighted by Gasteiger charge is 2.21. The Morgan fingerprint density at radius 3 is 1.93 bits per heavy atom. The lowest BCUT2D eigenvalue weighted by Crippen LogP contribution is -2.10. The van der Waals surface area contributed by atoms with Gasteiger partial charge in [-0.05, 0) is 96.1 Å². The zero-order chi connectivity index (χ0) is 35.6. The molecule has 0 aliphatic carbocycles. The van der Waals surface area contributed by atoms with E-state index < -0.39 is 0 Å². The summed E-state index contributed by atoms with van der Waals surface area (Å²) < 4.78 is 15.4. The minimum absolute atomic E-state index is 0.595. The summed E-state index contributed by atoms with van der Waals surface area (Å²) in [6, 6.07) is 65.7. The van der Waals surface area contributed by atoms with Gasteiger partial charge in [0.1, 0.15) is 16.7 Å². The molecule has 0 unspecified atom stereocenters. The molecule has 0 radical (unpaired) electrons. The van der Waals surface area contributed by atoms with Crippen molar-refractivity contribution in [2.24, 2.45) is 0 Å². The van der Waals surface area contributed by atoms with Gasteiger partial charge in [-0.3, -0.25) is 0 Å². The highest BCUT2D eigenvalue weighted by atomic mass is 16.4. The van der Waals surface area contributed by atoms with E-state index in [1.165, 1.54) is 21.9 Å². The predicted octanol–water partition coefficient (Wildman–Crippen LogP) is 13.6. The number of aromatic nitrogens is 2. The Morgan fingerprint density at radius 2 is 1.09 bits per heavy atom.